The molecule has 126 valence electrons. The number of aromatic nitrogens is 2. The Balaban J connectivity index is 1.49. The fraction of sp³-hybridized carbons (Fsp3) is 0.438. The molecule has 1 aromatic carbocycles. The van der Waals surface area contributed by atoms with Crippen LogP contribution < -0.4 is 20.3 Å². The van der Waals surface area contributed by atoms with E-state index in [1.54, 1.807) is 0 Å². The van der Waals surface area contributed by atoms with Crippen molar-refractivity contribution in [2.75, 3.05) is 31.1 Å². The molecule has 1 spiro atoms. The molecule has 8 nitrogen and oxygen atoms in total. The summed E-state index contributed by atoms with van der Waals surface area (Å²) in [5.74, 6) is 1.17. The largest absolute Gasteiger partial charge is 0.493 e. The van der Waals surface area contributed by atoms with Crippen LogP contribution >= 0.6 is 0 Å². The molecule has 2 aromatic rings. The highest BCUT2D eigenvalue weighted by Gasteiger charge is 2.49. The molecule has 24 heavy (non-hydrogen) atoms. The van der Waals surface area contributed by atoms with Crippen LogP contribution in [0.3, 0.4) is 0 Å². The zero-order valence-electron chi connectivity index (χ0n) is 13.4. The summed E-state index contributed by atoms with van der Waals surface area (Å²) in [6, 6.07) is 7.97. The highest BCUT2D eigenvalue weighted by atomic mass is 16.5. The molecule has 0 aliphatic carbocycles. The number of carbonyl (C=O) groups is 1. The van der Waals surface area contributed by atoms with Crippen LogP contribution in [0.1, 0.15) is 13.3 Å². The number of hydrogen-bond donors (Lipinski definition) is 2. The predicted octanol–water partition coefficient (Wildman–Crippen LogP) is 1.40. The quantitative estimate of drug-likeness (QED) is 0.861. The van der Waals surface area contributed by atoms with Gasteiger partial charge in [-0.25, -0.2) is 4.79 Å². The Labute approximate surface area is 139 Å². The number of nitrogens with zero attached hydrogens (tertiary/aromatic N) is 3. The van der Waals surface area contributed by atoms with E-state index in [1.807, 2.05) is 29.2 Å². The standard InChI is InChI=1S/C16H19N5O3/c1-2-7-23-12-6-4-3-5-11(12)13-19-20-15(24-13)21-9-16(10-21)8-17-14(22)18-16/h3-6H,2,7-10H2,1H3,(H2,17,18,22). The summed E-state index contributed by atoms with van der Waals surface area (Å²) in [4.78, 5) is 13.3. The van der Waals surface area contributed by atoms with Crippen LogP contribution in [0, 0.1) is 0 Å². The number of urea groups is 1. The summed E-state index contributed by atoms with van der Waals surface area (Å²) in [5.41, 5.74) is 0.573. The lowest BCUT2D eigenvalue weighted by molar-refractivity contribution is 0.238. The van der Waals surface area contributed by atoms with E-state index in [0.29, 0.717) is 38.1 Å². The molecule has 2 N–H and O–H groups in total. The van der Waals surface area contributed by atoms with E-state index in [9.17, 15) is 4.79 Å². The monoisotopic (exact) mass is 329 g/mol. The Morgan fingerprint density at radius 3 is 2.92 bits per heavy atom. The fourth-order valence-corrected chi connectivity index (χ4v) is 3.02. The first-order valence-corrected chi connectivity index (χ1v) is 8.06. The maximum absolute atomic E-state index is 11.3. The van der Waals surface area contributed by atoms with Crippen molar-refractivity contribution in [3.05, 3.63) is 24.3 Å². The molecule has 4 rings (SSSR count). The molecule has 1 aromatic heterocycles. The minimum atomic E-state index is -0.214. The van der Waals surface area contributed by atoms with Crippen molar-refractivity contribution in [2.45, 2.75) is 18.9 Å². The van der Waals surface area contributed by atoms with E-state index < -0.39 is 0 Å². The fourth-order valence-electron chi connectivity index (χ4n) is 3.02. The van der Waals surface area contributed by atoms with Crippen LogP contribution in [0.25, 0.3) is 11.5 Å². The molecule has 0 unspecified atom stereocenters. The summed E-state index contributed by atoms with van der Waals surface area (Å²) in [6.45, 7) is 4.63. The Kier molecular flexibility index (Phi) is 3.51. The topological polar surface area (TPSA) is 92.5 Å². The van der Waals surface area contributed by atoms with Gasteiger partial charge in [0.1, 0.15) is 5.75 Å². The second-order valence-corrected chi connectivity index (χ2v) is 6.18. The van der Waals surface area contributed by atoms with E-state index in [1.165, 1.54) is 0 Å². The van der Waals surface area contributed by atoms with E-state index in [-0.39, 0.29) is 11.6 Å². The molecule has 2 aliphatic heterocycles. The average Bonchev–Trinajstić information content (AvgIpc) is 3.18. The van der Waals surface area contributed by atoms with Crippen molar-refractivity contribution in [1.82, 2.24) is 20.8 Å². The molecule has 0 saturated carbocycles. The lowest BCUT2D eigenvalue weighted by Crippen LogP contribution is -2.69. The van der Waals surface area contributed by atoms with Gasteiger partial charge in [0.15, 0.2) is 0 Å². The minimum Gasteiger partial charge on any atom is -0.493 e. The third-order valence-electron chi connectivity index (χ3n) is 4.22. The van der Waals surface area contributed by atoms with E-state index in [2.05, 4.69) is 27.8 Å². The summed E-state index contributed by atoms with van der Waals surface area (Å²) in [5, 5.41) is 14.0. The lowest BCUT2D eigenvalue weighted by Gasteiger charge is -2.45. The van der Waals surface area contributed by atoms with Crippen LogP contribution in [0.15, 0.2) is 28.7 Å². The van der Waals surface area contributed by atoms with Crippen LogP contribution in [-0.4, -0.2) is 48.0 Å². The number of rotatable bonds is 5. The number of para-hydroxylation sites is 1. The highest BCUT2D eigenvalue weighted by molar-refractivity contribution is 5.78. The van der Waals surface area contributed by atoms with Crippen LogP contribution in [0.2, 0.25) is 0 Å². The number of carbonyl (C=O) groups excluding carboxylic acids is 1. The summed E-state index contributed by atoms with van der Waals surface area (Å²) < 4.78 is 11.6. The van der Waals surface area contributed by atoms with Gasteiger partial charge < -0.3 is 24.7 Å². The van der Waals surface area contributed by atoms with Crippen molar-refractivity contribution in [1.29, 1.82) is 0 Å². The Morgan fingerprint density at radius 1 is 1.33 bits per heavy atom. The zero-order chi connectivity index (χ0) is 16.6. The van der Waals surface area contributed by atoms with Crippen molar-refractivity contribution in [3.8, 4) is 17.2 Å². The van der Waals surface area contributed by atoms with Crippen molar-refractivity contribution in [3.63, 3.8) is 0 Å². The van der Waals surface area contributed by atoms with Crippen LogP contribution in [0.4, 0.5) is 10.8 Å². The van der Waals surface area contributed by atoms with Crippen LogP contribution in [0.5, 0.6) is 5.75 Å². The smallest absolute Gasteiger partial charge is 0.318 e. The number of benzene rings is 1. The number of nitrogens with one attached hydrogen (secondary N) is 2. The maximum Gasteiger partial charge on any atom is 0.318 e. The van der Waals surface area contributed by atoms with E-state index in [0.717, 1.165) is 17.7 Å². The molecule has 2 saturated heterocycles. The summed E-state index contributed by atoms with van der Waals surface area (Å²) in [6.07, 6.45) is 0.930. The number of anilines is 1. The Bertz CT molecular complexity index is 754. The third kappa shape index (κ3) is 2.53. The minimum absolute atomic E-state index is 0.122. The van der Waals surface area contributed by atoms with Gasteiger partial charge in [-0.3, -0.25) is 0 Å². The third-order valence-corrected chi connectivity index (χ3v) is 4.22. The van der Waals surface area contributed by atoms with Gasteiger partial charge in [0.25, 0.3) is 5.89 Å². The Hall–Kier alpha value is -2.77. The van der Waals surface area contributed by atoms with Gasteiger partial charge in [0.05, 0.1) is 17.7 Å². The summed E-state index contributed by atoms with van der Waals surface area (Å²) in [7, 11) is 0. The second kappa shape index (κ2) is 5.70. The molecule has 0 radical (unpaired) electrons. The first-order valence-electron chi connectivity index (χ1n) is 8.06. The molecular weight excluding hydrogens is 310 g/mol. The average molecular weight is 329 g/mol. The molecule has 2 amide bonds. The van der Waals surface area contributed by atoms with Crippen molar-refractivity contribution < 1.29 is 13.9 Å². The molecule has 3 heterocycles. The number of ether oxygens (including phenoxy) is 1. The van der Waals surface area contributed by atoms with Gasteiger partial charge in [-0.05, 0) is 18.6 Å². The normalized spacial score (nSPS) is 18.2. The molecule has 0 bridgehead atoms. The molecular formula is C16H19N5O3. The Morgan fingerprint density at radius 2 is 2.17 bits per heavy atom. The van der Waals surface area contributed by atoms with Gasteiger partial charge in [-0.15, -0.1) is 5.10 Å². The SMILES string of the molecule is CCCOc1ccccc1-c1nnc(N2CC3(CNC(=O)N3)C2)o1. The first kappa shape index (κ1) is 14.8. The van der Waals surface area contributed by atoms with Gasteiger partial charge in [-0.1, -0.05) is 24.2 Å². The molecule has 8 heteroatoms. The number of hydrogen-bond acceptors (Lipinski definition) is 6. The van der Waals surface area contributed by atoms with Crippen molar-refractivity contribution in [2.24, 2.45) is 0 Å². The zero-order valence-corrected chi connectivity index (χ0v) is 13.4. The van der Waals surface area contributed by atoms with Gasteiger partial charge in [0, 0.05) is 19.6 Å². The van der Waals surface area contributed by atoms with Gasteiger partial charge in [-0.2, -0.15) is 0 Å². The maximum atomic E-state index is 11.3. The molecule has 2 fully saturated rings. The van der Waals surface area contributed by atoms with Gasteiger partial charge in [0.2, 0.25) is 0 Å². The van der Waals surface area contributed by atoms with E-state index in [4.69, 9.17) is 9.15 Å². The van der Waals surface area contributed by atoms with E-state index >= 15 is 0 Å². The second-order valence-electron chi connectivity index (χ2n) is 6.18. The predicted molar refractivity (Wildman–Crippen MR) is 87.0 cm³/mol. The number of amides is 2. The van der Waals surface area contributed by atoms with Crippen molar-refractivity contribution >= 4 is 12.0 Å². The molecule has 0 atom stereocenters. The van der Waals surface area contributed by atoms with Crippen LogP contribution in [-0.2, 0) is 0 Å². The first-order chi connectivity index (χ1) is 11.7. The lowest BCUT2D eigenvalue weighted by atomic mass is 9.92. The van der Waals surface area contributed by atoms with Gasteiger partial charge >= 0.3 is 12.0 Å². The summed E-state index contributed by atoms with van der Waals surface area (Å²) >= 11 is 0. The molecule has 2 aliphatic rings. The highest BCUT2D eigenvalue weighted by Crippen LogP contribution is 2.33.